The number of Topliss-reactive ketones (excluding diaryl/α,β-unsaturated/α-hetero) is 1. The highest BCUT2D eigenvalue weighted by Crippen LogP contribution is 2.26. The molecule has 1 aromatic carbocycles. The van der Waals surface area contributed by atoms with Gasteiger partial charge >= 0.3 is 5.97 Å². The second-order valence-electron chi connectivity index (χ2n) is 6.63. The van der Waals surface area contributed by atoms with Crippen LogP contribution >= 0.6 is 0 Å². The van der Waals surface area contributed by atoms with Crippen molar-refractivity contribution in [2.24, 2.45) is 0 Å². The first-order chi connectivity index (χ1) is 13.3. The van der Waals surface area contributed by atoms with Gasteiger partial charge in [0.2, 0.25) is 11.5 Å². The number of furan rings is 1. The van der Waals surface area contributed by atoms with E-state index >= 15 is 0 Å². The summed E-state index contributed by atoms with van der Waals surface area (Å²) in [6, 6.07) is 5.78. The van der Waals surface area contributed by atoms with Gasteiger partial charge in [0.1, 0.15) is 11.4 Å². The summed E-state index contributed by atoms with van der Waals surface area (Å²) in [7, 11) is 1.62. The number of hydrogen-bond donors (Lipinski definition) is 0. The molecule has 0 aliphatic rings. The summed E-state index contributed by atoms with van der Waals surface area (Å²) >= 11 is 0. The molecule has 0 atom stereocenters. The Labute approximate surface area is 161 Å². The van der Waals surface area contributed by atoms with Crippen LogP contribution in [0.4, 0.5) is 4.39 Å². The molecule has 3 aromatic rings. The average Bonchev–Trinajstić information content (AvgIpc) is 3.14. The zero-order valence-electron chi connectivity index (χ0n) is 16.3. The lowest BCUT2D eigenvalue weighted by Crippen LogP contribution is -2.15. The first-order valence-corrected chi connectivity index (χ1v) is 8.88. The lowest BCUT2D eigenvalue weighted by molar-refractivity contribution is 0.0445. The highest BCUT2D eigenvalue weighted by Gasteiger charge is 2.22. The van der Waals surface area contributed by atoms with Gasteiger partial charge < -0.3 is 18.5 Å². The fourth-order valence-corrected chi connectivity index (χ4v) is 3.27. The molecule has 0 fully saturated rings. The number of ether oxygens (including phenoxy) is 2. The van der Waals surface area contributed by atoms with Crippen LogP contribution in [0.15, 0.2) is 28.7 Å². The highest BCUT2D eigenvalue weighted by molar-refractivity contribution is 6.01. The van der Waals surface area contributed by atoms with Crippen LogP contribution in [0, 0.1) is 26.6 Å². The second-order valence-corrected chi connectivity index (χ2v) is 6.63. The number of aromatic nitrogens is 1. The summed E-state index contributed by atoms with van der Waals surface area (Å²) in [6.07, 6.45) is 0. The number of halogens is 1. The minimum atomic E-state index is -0.754. The van der Waals surface area contributed by atoms with Crippen LogP contribution in [-0.2, 0) is 16.0 Å². The number of nitrogens with zero attached hydrogens (tertiary/aromatic N) is 1. The van der Waals surface area contributed by atoms with E-state index in [9.17, 15) is 14.0 Å². The van der Waals surface area contributed by atoms with Gasteiger partial charge in [0.05, 0.1) is 6.61 Å². The molecule has 0 unspecified atom stereocenters. The summed E-state index contributed by atoms with van der Waals surface area (Å²) in [5.41, 5.74) is 3.10. The fraction of sp³-hybridized carbons (Fsp3) is 0.333. The fourth-order valence-electron chi connectivity index (χ4n) is 3.27. The largest absolute Gasteiger partial charge is 0.451 e. The molecule has 0 N–H and O–H groups in total. The SMILES string of the molecule is COCCn1c(C)cc(C(=O)COC(=O)c2oc3ccc(F)cc3c2C)c1C. The zero-order valence-corrected chi connectivity index (χ0v) is 16.3. The smallest absolute Gasteiger partial charge is 0.375 e. The summed E-state index contributed by atoms with van der Waals surface area (Å²) in [5, 5.41) is 0.500. The lowest BCUT2D eigenvalue weighted by atomic mass is 10.1. The van der Waals surface area contributed by atoms with Gasteiger partial charge in [0.25, 0.3) is 0 Å². The quantitative estimate of drug-likeness (QED) is 0.453. The summed E-state index contributed by atoms with van der Waals surface area (Å²) in [4.78, 5) is 24.9. The number of benzene rings is 1. The number of ketones is 1. The van der Waals surface area contributed by atoms with Gasteiger partial charge in [0.15, 0.2) is 6.61 Å². The summed E-state index contributed by atoms with van der Waals surface area (Å²) < 4.78 is 31.1. The first kappa shape index (κ1) is 19.8. The molecule has 0 radical (unpaired) electrons. The topological polar surface area (TPSA) is 70.7 Å². The van der Waals surface area contributed by atoms with Crippen molar-refractivity contribution < 1.29 is 27.9 Å². The molecule has 3 rings (SSSR count). The van der Waals surface area contributed by atoms with Crippen molar-refractivity contribution in [2.75, 3.05) is 20.3 Å². The standard InChI is InChI=1S/C21H22FNO5/c1-12-9-17(14(3)23(12)7-8-26-4)18(24)11-27-21(25)20-13(2)16-10-15(22)5-6-19(16)28-20/h5-6,9-10H,7-8,11H2,1-4H3. The van der Waals surface area contributed by atoms with Crippen molar-refractivity contribution in [2.45, 2.75) is 27.3 Å². The van der Waals surface area contributed by atoms with Crippen molar-refractivity contribution in [3.63, 3.8) is 0 Å². The van der Waals surface area contributed by atoms with E-state index in [1.54, 1.807) is 20.1 Å². The normalized spacial score (nSPS) is 11.2. The molecule has 2 heterocycles. The van der Waals surface area contributed by atoms with Crippen molar-refractivity contribution in [1.29, 1.82) is 0 Å². The number of methoxy groups -OCH3 is 1. The molecule has 6 nitrogen and oxygen atoms in total. The molecule has 0 amide bonds. The predicted octanol–water partition coefficient (Wildman–Crippen LogP) is 3.98. The van der Waals surface area contributed by atoms with Crippen LogP contribution in [0.2, 0.25) is 0 Å². The van der Waals surface area contributed by atoms with Crippen molar-refractivity contribution in [3.05, 3.63) is 58.4 Å². The molecule has 0 spiro atoms. The molecular formula is C21H22FNO5. The van der Waals surface area contributed by atoms with Gasteiger partial charge in [-0.1, -0.05) is 0 Å². The number of carbonyl (C=O) groups is 2. The number of esters is 1. The molecular weight excluding hydrogens is 365 g/mol. The van der Waals surface area contributed by atoms with E-state index in [0.717, 1.165) is 11.4 Å². The maximum atomic E-state index is 13.4. The second kappa shape index (κ2) is 7.98. The molecule has 148 valence electrons. The third kappa shape index (κ3) is 3.71. The molecule has 0 aliphatic heterocycles. The molecule has 0 saturated carbocycles. The number of hydrogen-bond acceptors (Lipinski definition) is 5. The Hall–Kier alpha value is -2.93. The first-order valence-electron chi connectivity index (χ1n) is 8.88. The maximum Gasteiger partial charge on any atom is 0.375 e. The van der Waals surface area contributed by atoms with Gasteiger partial charge in [-0.15, -0.1) is 0 Å². The van der Waals surface area contributed by atoms with E-state index in [2.05, 4.69) is 0 Å². The summed E-state index contributed by atoms with van der Waals surface area (Å²) in [5.74, 6) is -1.50. The molecule has 0 aliphatic carbocycles. The lowest BCUT2D eigenvalue weighted by Gasteiger charge is -2.09. The zero-order chi connectivity index (χ0) is 20.4. The van der Waals surface area contributed by atoms with Crippen LogP contribution in [0.3, 0.4) is 0 Å². The van der Waals surface area contributed by atoms with Crippen LogP contribution < -0.4 is 0 Å². The molecule has 28 heavy (non-hydrogen) atoms. The van der Waals surface area contributed by atoms with Gasteiger partial charge in [-0.25, -0.2) is 9.18 Å². The Morgan fingerprint density at radius 3 is 2.64 bits per heavy atom. The van der Waals surface area contributed by atoms with E-state index in [4.69, 9.17) is 13.9 Å². The molecule has 0 bridgehead atoms. The monoisotopic (exact) mass is 387 g/mol. The van der Waals surface area contributed by atoms with Gasteiger partial charge in [-0.3, -0.25) is 4.79 Å². The Morgan fingerprint density at radius 2 is 1.93 bits per heavy atom. The van der Waals surface area contributed by atoms with E-state index in [1.165, 1.54) is 18.2 Å². The van der Waals surface area contributed by atoms with Crippen LogP contribution in [0.5, 0.6) is 0 Å². The van der Waals surface area contributed by atoms with Gasteiger partial charge in [-0.2, -0.15) is 0 Å². The third-order valence-electron chi connectivity index (χ3n) is 4.81. The predicted molar refractivity (Wildman–Crippen MR) is 101 cm³/mol. The van der Waals surface area contributed by atoms with E-state index in [1.807, 2.05) is 18.4 Å². The Morgan fingerprint density at radius 1 is 1.18 bits per heavy atom. The van der Waals surface area contributed by atoms with Crippen molar-refractivity contribution >= 4 is 22.7 Å². The van der Waals surface area contributed by atoms with Crippen molar-refractivity contribution in [1.82, 2.24) is 4.57 Å². The Bertz CT molecular complexity index is 1050. The Kier molecular flexibility index (Phi) is 5.65. The minimum absolute atomic E-state index is 0.0287. The van der Waals surface area contributed by atoms with Gasteiger partial charge in [-0.05, 0) is 45.0 Å². The number of rotatable bonds is 7. The van der Waals surface area contributed by atoms with Crippen LogP contribution in [0.25, 0.3) is 11.0 Å². The third-order valence-corrected chi connectivity index (χ3v) is 4.81. The van der Waals surface area contributed by atoms with Crippen molar-refractivity contribution in [3.8, 4) is 0 Å². The van der Waals surface area contributed by atoms with Crippen LogP contribution in [-0.4, -0.2) is 36.6 Å². The minimum Gasteiger partial charge on any atom is -0.451 e. The molecule has 7 heteroatoms. The number of carbonyl (C=O) groups excluding carboxylic acids is 2. The van der Waals surface area contributed by atoms with E-state index in [-0.39, 0.29) is 11.5 Å². The summed E-state index contributed by atoms with van der Waals surface area (Å²) in [6.45, 7) is 6.16. The average molecular weight is 387 g/mol. The number of aryl methyl sites for hydroxylation is 2. The molecule has 2 aromatic heterocycles. The number of fused-ring (bicyclic) bond motifs is 1. The Balaban J connectivity index is 1.73. The van der Waals surface area contributed by atoms with Crippen LogP contribution in [0.1, 0.15) is 37.9 Å². The highest BCUT2D eigenvalue weighted by atomic mass is 19.1. The van der Waals surface area contributed by atoms with Gasteiger partial charge in [0, 0.05) is 41.6 Å². The maximum absolute atomic E-state index is 13.4. The van der Waals surface area contributed by atoms with E-state index < -0.39 is 18.4 Å². The molecule has 0 saturated heterocycles. The van der Waals surface area contributed by atoms with E-state index in [0.29, 0.717) is 35.2 Å².